The van der Waals surface area contributed by atoms with Crippen LogP contribution >= 0.6 is 11.6 Å². The van der Waals surface area contributed by atoms with E-state index in [4.69, 9.17) is 11.6 Å². The molecule has 0 radical (unpaired) electrons. The zero-order valence-corrected chi connectivity index (χ0v) is 19.6. The first-order valence-electron chi connectivity index (χ1n) is 10.4. The molecule has 10 nitrogen and oxygen atoms in total. The Morgan fingerprint density at radius 3 is 2.57 bits per heavy atom. The summed E-state index contributed by atoms with van der Waals surface area (Å²) in [7, 11) is -3.68. The van der Waals surface area contributed by atoms with Crippen molar-refractivity contribution in [3.8, 4) is 11.4 Å². The highest BCUT2D eigenvalue weighted by Gasteiger charge is 2.18. The van der Waals surface area contributed by atoms with Crippen LogP contribution in [0.4, 0.5) is 11.4 Å². The Bertz CT molecular complexity index is 1620. The van der Waals surface area contributed by atoms with Crippen LogP contribution < -0.4 is 10.0 Å². The molecule has 0 atom stereocenters. The first-order chi connectivity index (χ1) is 16.9. The van der Waals surface area contributed by atoms with Crippen molar-refractivity contribution < 1.29 is 13.2 Å². The first kappa shape index (κ1) is 22.6. The van der Waals surface area contributed by atoms with Gasteiger partial charge in [-0.2, -0.15) is 0 Å². The van der Waals surface area contributed by atoms with Crippen LogP contribution in [0, 0.1) is 0 Å². The van der Waals surface area contributed by atoms with E-state index in [1.165, 1.54) is 0 Å². The monoisotopic (exact) mass is 507 g/mol. The number of carbonyl (C=O) groups is 1. The van der Waals surface area contributed by atoms with E-state index < -0.39 is 15.9 Å². The lowest BCUT2D eigenvalue weighted by atomic mass is 10.1. The van der Waals surface area contributed by atoms with Crippen molar-refractivity contribution in [3.63, 3.8) is 0 Å². The van der Waals surface area contributed by atoms with Crippen LogP contribution in [-0.2, 0) is 15.8 Å². The molecule has 4 N–H and O–H groups in total. The summed E-state index contributed by atoms with van der Waals surface area (Å²) in [6.07, 6.45) is 0. The van der Waals surface area contributed by atoms with Gasteiger partial charge in [-0.1, -0.05) is 54.1 Å². The number of anilines is 2. The van der Waals surface area contributed by atoms with Crippen LogP contribution in [0.25, 0.3) is 22.3 Å². The Morgan fingerprint density at radius 2 is 1.80 bits per heavy atom. The van der Waals surface area contributed by atoms with Crippen molar-refractivity contribution >= 4 is 49.8 Å². The predicted molar refractivity (Wildman–Crippen MR) is 134 cm³/mol. The van der Waals surface area contributed by atoms with Crippen LogP contribution in [0.2, 0.25) is 5.02 Å². The van der Waals surface area contributed by atoms with E-state index in [1.807, 2.05) is 6.07 Å². The number of rotatable bonds is 7. The number of sulfonamides is 1. The van der Waals surface area contributed by atoms with E-state index in [9.17, 15) is 13.2 Å². The summed E-state index contributed by atoms with van der Waals surface area (Å²) >= 11 is 6.10. The predicted octanol–water partition coefficient (Wildman–Crippen LogP) is 4.20. The quantitative estimate of drug-likeness (QED) is 0.260. The molecule has 0 spiro atoms. The summed E-state index contributed by atoms with van der Waals surface area (Å²) in [5, 5.41) is 17.6. The number of hydrogen-bond acceptors (Lipinski definition) is 6. The Balaban J connectivity index is 1.41. The van der Waals surface area contributed by atoms with Crippen LogP contribution in [0.5, 0.6) is 0 Å². The van der Waals surface area contributed by atoms with Crippen molar-refractivity contribution in [2.24, 2.45) is 0 Å². The zero-order chi connectivity index (χ0) is 24.4. The molecule has 2 heterocycles. The SMILES string of the molecule is O=C(Nc1ccc(Cl)cc1-c1nnn[nH]1)c1cc2cccc(NS(=O)(=O)Cc3ccccc3)c2[nH]1. The molecular formula is C23H18ClN7O3S. The zero-order valence-electron chi connectivity index (χ0n) is 18.0. The third-order valence-electron chi connectivity index (χ3n) is 5.20. The molecule has 1 amide bonds. The van der Waals surface area contributed by atoms with Crippen molar-refractivity contribution in [1.29, 1.82) is 0 Å². The smallest absolute Gasteiger partial charge is 0.272 e. The van der Waals surface area contributed by atoms with E-state index >= 15 is 0 Å². The Morgan fingerprint density at radius 1 is 0.971 bits per heavy atom. The lowest BCUT2D eigenvalue weighted by Gasteiger charge is -2.10. The summed E-state index contributed by atoms with van der Waals surface area (Å²) in [5.41, 5.74) is 2.70. The van der Waals surface area contributed by atoms with E-state index in [2.05, 4.69) is 35.6 Å². The number of fused-ring (bicyclic) bond motifs is 1. The maximum atomic E-state index is 13.1. The molecule has 176 valence electrons. The fraction of sp³-hybridized carbons (Fsp3) is 0.0435. The Hall–Kier alpha value is -4.22. The number of benzene rings is 3. The van der Waals surface area contributed by atoms with Crippen LogP contribution in [0.3, 0.4) is 0 Å². The number of H-pyrrole nitrogens is 2. The maximum Gasteiger partial charge on any atom is 0.272 e. The number of amides is 1. The normalized spacial score (nSPS) is 11.5. The number of nitrogens with one attached hydrogen (secondary N) is 4. The molecule has 2 aromatic heterocycles. The molecule has 0 aliphatic rings. The van der Waals surface area contributed by atoms with Gasteiger partial charge in [0.15, 0.2) is 5.82 Å². The fourth-order valence-electron chi connectivity index (χ4n) is 3.65. The number of hydrogen-bond donors (Lipinski definition) is 4. The van der Waals surface area contributed by atoms with Gasteiger partial charge < -0.3 is 10.3 Å². The number of halogens is 1. The molecule has 0 bridgehead atoms. The second kappa shape index (κ2) is 9.20. The summed E-state index contributed by atoms with van der Waals surface area (Å²) in [5.74, 6) is -0.265. The van der Waals surface area contributed by atoms with Crippen LogP contribution in [-0.4, -0.2) is 39.9 Å². The summed E-state index contributed by atoms with van der Waals surface area (Å²) in [6, 6.07) is 20.6. The van der Waals surface area contributed by atoms with Crippen molar-refractivity contribution in [1.82, 2.24) is 25.6 Å². The molecule has 0 saturated carbocycles. The highest BCUT2D eigenvalue weighted by Crippen LogP contribution is 2.30. The summed E-state index contributed by atoms with van der Waals surface area (Å²) in [6.45, 7) is 0. The number of nitrogens with zero attached hydrogens (tertiary/aromatic N) is 3. The number of carbonyl (C=O) groups excluding carboxylic acids is 1. The number of aromatic nitrogens is 5. The fourth-order valence-corrected chi connectivity index (χ4v) is 5.03. The number of aromatic amines is 2. The second-order valence-corrected chi connectivity index (χ2v) is 9.85. The summed E-state index contributed by atoms with van der Waals surface area (Å²) in [4.78, 5) is 16.1. The molecule has 0 aliphatic heterocycles. The molecule has 5 aromatic rings. The van der Waals surface area contributed by atoms with Gasteiger partial charge in [0, 0.05) is 16.0 Å². The molecule has 12 heteroatoms. The van der Waals surface area contributed by atoms with Crippen LogP contribution in [0.1, 0.15) is 16.1 Å². The lowest BCUT2D eigenvalue weighted by Crippen LogP contribution is -2.15. The molecule has 35 heavy (non-hydrogen) atoms. The van der Waals surface area contributed by atoms with Gasteiger partial charge in [0.05, 0.1) is 22.6 Å². The molecular weight excluding hydrogens is 490 g/mol. The van der Waals surface area contributed by atoms with Gasteiger partial charge in [0.25, 0.3) is 5.91 Å². The lowest BCUT2D eigenvalue weighted by molar-refractivity contribution is 0.102. The third-order valence-corrected chi connectivity index (χ3v) is 6.68. The van der Waals surface area contributed by atoms with Gasteiger partial charge in [-0.15, -0.1) is 5.10 Å². The largest absolute Gasteiger partial charge is 0.349 e. The van der Waals surface area contributed by atoms with Crippen molar-refractivity contribution in [3.05, 3.63) is 89.1 Å². The first-order valence-corrected chi connectivity index (χ1v) is 12.4. The number of tetrazole rings is 1. The van der Waals surface area contributed by atoms with E-state index in [-0.39, 0.29) is 11.4 Å². The van der Waals surface area contributed by atoms with E-state index in [1.54, 1.807) is 66.7 Å². The van der Waals surface area contributed by atoms with Gasteiger partial charge >= 0.3 is 0 Å². The molecule has 5 rings (SSSR count). The topological polar surface area (TPSA) is 146 Å². The van der Waals surface area contributed by atoms with Gasteiger partial charge in [0.1, 0.15) is 5.69 Å². The molecule has 3 aromatic carbocycles. The van der Waals surface area contributed by atoms with E-state index in [0.29, 0.717) is 44.3 Å². The average Bonchev–Trinajstić information content (AvgIpc) is 3.51. The van der Waals surface area contributed by atoms with Gasteiger partial charge in [-0.3, -0.25) is 9.52 Å². The Labute approximate surface area is 204 Å². The molecule has 0 unspecified atom stereocenters. The Kier molecular flexibility index (Phi) is 5.93. The van der Waals surface area contributed by atoms with Crippen molar-refractivity contribution in [2.45, 2.75) is 5.75 Å². The van der Waals surface area contributed by atoms with Crippen molar-refractivity contribution in [2.75, 3.05) is 10.0 Å². The highest BCUT2D eigenvalue weighted by atomic mass is 35.5. The minimum absolute atomic E-state index is 0.173. The maximum absolute atomic E-state index is 13.1. The average molecular weight is 508 g/mol. The molecule has 0 saturated heterocycles. The minimum atomic E-state index is -3.68. The third kappa shape index (κ3) is 5.00. The minimum Gasteiger partial charge on any atom is -0.349 e. The van der Waals surface area contributed by atoms with Crippen LogP contribution in [0.15, 0.2) is 72.8 Å². The number of para-hydroxylation sites is 1. The molecule has 0 aliphatic carbocycles. The van der Waals surface area contributed by atoms with Gasteiger partial charge in [-0.05, 0) is 46.3 Å². The van der Waals surface area contributed by atoms with Gasteiger partial charge in [-0.25, -0.2) is 13.5 Å². The molecule has 0 fully saturated rings. The summed E-state index contributed by atoms with van der Waals surface area (Å²) < 4.78 is 28.1. The standard InChI is InChI=1S/C23H18ClN7O3S/c24-16-9-10-18(17(12-16)22-27-30-31-28-22)26-23(32)20-11-15-7-4-8-19(21(15)25-20)29-35(33,34)13-14-5-2-1-3-6-14/h1-12,25,29H,13H2,(H,26,32)(H,27,28,30,31). The highest BCUT2D eigenvalue weighted by molar-refractivity contribution is 7.91. The van der Waals surface area contributed by atoms with E-state index in [0.717, 1.165) is 0 Å². The second-order valence-electron chi connectivity index (χ2n) is 7.69. The van der Waals surface area contributed by atoms with Gasteiger partial charge in [0.2, 0.25) is 10.0 Å².